The van der Waals surface area contributed by atoms with Gasteiger partial charge < -0.3 is 16.2 Å². The Labute approximate surface area is 125 Å². The maximum absolute atomic E-state index is 12.1. The van der Waals surface area contributed by atoms with Crippen molar-refractivity contribution in [1.29, 1.82) is 0 Å². The molecular formula is C13H16BrClN2O2. The third-order valence-corrected chi connectivity index (χ3v) is 4.18. The second-order valence-corrected chi connectivity index (χ2v) is 6.21. The van der Waals surface area contributed by atoms with Crippen molar-refractivity contribution in [3.8, 4) is 5.75 Å². The molecule has 1 saturated carbocycles. The van der Waals surface area contributed by atoms with Gasteiger partial charge in [-0.1, -0.05) is 27.5 Å². The van der Waals surface area contributed by atoms with Gasteiger partial charge in [-0.2, -0.15) is 0 Å². The van der Waals surface area contributed by atoms with Gasteiger partial charge in [0.25, 0.3) is 0 Å². The van der Waals surface area contributed by atoms with Gasteiger partial charge >= 0.3 is 0 Å². The molecule has 0 aliphatic heterocycles. The van der Waals surface area contributed by atoms with Gasteiger partial charge in [-0.25, -0.2) is 0 Å². The third-order valence-electron chi connectivity index (χ3n) is 3.43. The number of nitrogens with two attached hydrogens (primary N) is 1. The molecule has 1 aliphatic rings. The first-order valence-corrected chi connectivity index (χ1v) is 7.39. The van der Waals surface area contributed by atoms with Crippen molar-refractivity contribution in [1.82, 2.24) is 0 Å². The number of hydrogen-bond donors (Lipinski definition) is 3. The van der Waals surface area contributed by atoms with E-state index in [2.05, 4.69) is 21.2 Å². The number of nitrogens with one attached hydrogen (secondary N) is 1. The van der Waals surface area contributed by atoms with E-state index in [1.807, 2.05) is 0 Å². The van der Waals surface area contributed by atoms with E-state index in [9.17, 15) is 9.90 Å². The van der Waals surface area contributed by atoms with Crippen LogP contribution in [0.5, 0.6) is 5.75 Å². The normalized spacial score (nSPS) is 23.1. The summed E-state index contributed by atoms with van der Waals surface area (Å²) in [5.41, 5.74) is 6.08. The highest BCUT2D eigenvalue weighted by Gasteiger charge is 2.25. The van der Waals surface area contributed by atoms with E-state index in [1.54, 1.807) is 6.07 Å². The number of carbonyl (C=O) groups excluding carboxylic acids is 1. The molecule has 0 atom stereocenters. The number of carbonyl (C=O) groups is 1. The monoisotopic (exact) mass is 346 g/mol. The average molecular weight is 348 g/mol. The van der Waals surface area contributed by atoms with E-state index >= 15 is 0 Å². The van der Waals surface area contributed by atoms with Crippen molar-refractivity contribution in [2.45, 2.75) is 31.7 Å². The van der Waals surface area contributed by atoms with Crippen LogP contribution in [0.1, 0.15) is 25.7 Å². The molecule has 1 aromatic rings. The summed E-state index contributed by atoms with van der Waals surface area (Å²) in [6.07, 6.45) is 3.28. The molecular weight excluding hydrogens is 332 g/mol. The molecule has 0 saturated heterocycles. The Kier molecular flexibility index (Phi) is 4.71. The largest absolute Gasteiger partial charge is 0.506 e. The van der Waals surface area contributed by atoms with Crippen LogP contribution in [-0.2, 0) is 4.79 Å². The summed E-state index contributed by atoms with van der Waals surface area (Å²) in [7, 11) is 0. The first-order valence-electron chi connectivity index (χ1n) is 6.22. The molecule has 1 amide bonds. The van der Waals surface area contributed by atoms with Gasteiger partial charge in [0.2, 0.25) is 5.91 Å². The van der Waals surface area contributed by atoms with Crippen molar-refractivity contribution in [3.63, 3.8) is 0 Å². The van der Waals surface area contributed by atoms with Gasteiger partial charge in [-0.05, 0) is 37.8 Å². The van der Waals surface area contributed by atoms with Crippen molar-refractivity contribution >= 4 is 39.1 Å². The first kappa shape index (κ1) is 14.6. The highest BCUT2D eigenvalue weighted by Crippen LogP contribution is 2.36. The van der Waals surface area contributed by atoms with Crippen LogP contribution >= 0.6 is 27.5 Å². The molecule has 4 N–H and O–H groups in total. The number of rotatable bonds is 2. The molecule has 0 bridgehead atoms. The zero-order valence-corrected chi connectivity index (χ0v) is 12.7. The number of halogens is 2. The SMILES string of the molecule is NC1CCC(C(=O)Nc2c(O)cc(Br)cc2Cl)CC1. The third kappa shape index (κ3) is 3.61. The molecule has 1 aliphatic carbocycles. The summed E-state index contributed by atoms with van der Waals surface area (Å²) < 4.78 is 0.664. The van der Waals surface area contributed by atoms with Crippen LogP contribution in [0, 0.1) is 5.92 Å². The summed E-state index contributed by atoms with van der Waals surface area (Å²) in [4.78, 5) is 12.1. The van der Waals surface area contributed by atoms with Crippen LogP contribution in [0.3, 0.4) is 0 Å². The number of anilines is 1. The Balaban J connectivity index is 2.07. The second-order valence-electron chi connectivity index (χ2n) is 4.88. The van der Waals surface area contributed by atoms with Gasteiger partial charge in [0.1, 0.15) is 11.4 Å². The van der Waals surface area contributed by atoms with Crippen LogP contribution in [0.15, 0.2) is 16.6 Å². The predicted molar refractivity (Wildman–Crippen MR) is 79.4 cm³/mol. The number of hydrogen-bond acceptors (Lipinski definition) is 3. The number of phenols is 1. The fourth-order valence-electron chi connectivity index (χ4n) is 2.29. The summed E-state index contributed by atoms with van der Waals surface area (Å²) >= 11 is 9.24. The maximum Gasteiger partial charge on any atom is 0.227 e. The Morgan fingerprint density at radius 2 is 2.00 bits per heavy atom. The lowest BCUT2D eigenvalue weighted by molar-refractivity contribution is -0.120. The highest BCUT2D eigenvalue weighted by atomic mass is 79.9. The molecule has 6 heteroatoms. The molecule has 19 heavy (non-hydrogen) atoms. The van der Waals surface area contributed by atoms with E-state index in [1.165, 1.54) is 6.07 Å². The van der Waals surface area contributed by atoms with Crippen LogP contribution in [-0.4, -0.2) is 17.1 Å². The zero-order valence-electron chi connectivity index (χ0n) is 10.3. The Hall–Kier alpha value is -0.780. The molecule has 2 rings (SSSR count). The maximum atomic E-state index is 12.1. The van der Waals surface area contributed by atoms with Gasteiger partial charge in [-0.15, -0.1) is 0 Å². The summed E-state index contributed by atoms with van der Waals surface area (Å²) in [6.45, 7) is 0. The van der Waals surface area contributed by atoms with E-state index in [4.69, 9.17) is 17.3 Å². The summed E-state index contributed by atoms with van der Waals surface area (Å²) in [5.74, 6) is -0.203. The van der Waals surface area contributed by atoms with Gasteiger partial charge in [-0.3, -0.25) is 4.79 Å². The van der Waals surface area contributed by atoms with Crippen molar-refractivity contribution in [2.75, 3.05) is 5.32 Å². The van der Waals surface area contributed by atoms with E-state index < -0.39 is 0 Å². The van der Waals surface area contributed by atoms with Gasteiger partial charge in [0.15, 0.2) is 0 Å². The quantitative estimate of drug-likeness (QED) is 0.719. The fraction of sp³-hybridized carbons (Fsp3) is 0.462. The molecule has 0 aromatic heterocycles. The van der Waals surface area contributed by atoms with Crippen molar-refractivity contribution < 1.29 is 9.90 Å². The smallest absolute Gasteiger partial charge is 0.227 e. The molecule has 1 aromatic carbocycles. The molecule has 4 nitrogen and oxygen atoms in total. The Morgan fingerprint density at radius 1 is 1.37 bits per heavy atom. The van der Waals surface area contributed by atoms with Crippen LogP contribution in [0.2, 0.25) is 5.02 Å². The number of benzene rings is 1. The van der Waals surface area contributed by atoms with Crippen molar-refractivity contribution in [3.05, 3.63) is 21.6 Å². The lowest BCUT2D eigenvalue weighted by atomic mass is 9.86. The lowest BCUT2D eigenvalue weighted by Crippen LogP contribution is -2.32. The van der Waals surface area contributed by atoms with Crippen molar-refractivity contribution in [2.24, 2.45) is 11.7 Å². The topological polar surface area (TPSA) is 75.4 Å². The minimum Gasteiger partial charge on any atom is -0.506 e. The molecule has 0 spiro atoms. The Bertz CT molecular complexity index is 465. The highest BCUT2D eigenvalue weighted by molar-refractivity contribution is 9.10. The van der Waals surface area contributed by atoms with Crippen LogP contribution in [0.4, 0.5) is 5.69 Å². The molecule has 0 unspecified atom stereocenters. The zero-order chi connectivity index (χ0) is 14.0. The lowest BCUT2D eigenvalue weighted by Gasteiger charge is -2.25. The predicted octanol–water partition coefficient (Wildman–Crippen LogP) is 3.26. The summed E-state index contributed by atoms with van der Waals surface area (Å²) in [5, 5.41) is 12.8. The Morgan fingerprint density at radius 3 is 2.58 bits per heavy atom. The van der Waals surface area contributed by atoms with E-state index in [-0.39, 0.29) is 29.3 Å². The first-order chi connectivity index (χ1) is 8.97. The minimum atomic E-state index is -0.105. The average Bonchev–Trinajstić information content (AvgIpc) is 2.34. The number of phenolic OH excluding ortho intramolecular Hbond substituents is 1. The van der Waals surface area contributed by atoms with E-state index in [0.717, 1.165) is 25.7 Å². The number of aromatic hydroxyl groups is 1. The van der Waals surface area contributed by atoms with Crippen LogP contribution in [0.25, 0.3) is 0 Å². The second kappa shape index (κ2) is 6.11. The van der Waals surface area contributed by atoms with Gasteiger partial charge in [0, 0.05) is 16.4 Å². The standard InChI is InChI=1S/C13H16BrClN2O2/c14-8-5-10(15)12(11(18)6-8)17-13(19)7-1-3-9(16)4-2-7/h5-7,9,18H,1-4,16H2,(H,17,19). The molecule has 104 valence electrons. The minimum absolute atomic E-state index is 0.0414. The van der Waals surface area contributed by atoms with E-state index in [0.29, 0.717) is 9.50 Å². The molecule has 1 fully saturated rings. The summed E-state index contributed by atoms with van der Waals surface area (Å²) in [6, 6.07) is 3.33. The van der Waals surface area contributed by atoms with Gasteiger partial charge in [0.05, 0.1) is 5.02 Å². The number of amides is 1. The van der Waals surface area contributed by atoms with Crippen LogP contribution < -0.4 is 11.1 Å². The molecule has 0 radical (unpaired) electrons. The fourth-order valence-corrected chi connectivity index (χ4v) is 3.13. The molecule has 0 heterocycles.